The highest BCUT2D eigenvalue weighted by atomic mass is 32.2. The van der Waals surface area contributed by atoms with Crippen LogP contribution in [-0.2, 0) is 16.3 Å². The number of sulfone groups is 1. The molecular weight excluding hydrogens is 178 g/mol. The first-order chi connectivity index (χ1) is 5.61. The van der Waals surface area contributed by atoms with E-state index in [4.69, 9.17) is 5.73 Å². The summed E-state index contributed by atoms with van der Waals surface area (Å²) in [4.78, 5) is 0.216. The molecule has 1 aromatic heterocycles. The van der Waals surface area contributed by atoms with Crippen LogP contribution in [0.25, 0.3) is 0 Å². The molecule has 0 saturated carbocycles. The van der Waals surface area contributed by atoms with Crippen molar-refractivity contribution in [3.8, 4) is 0 Å². The molecule has 2 rings (SSSR count). The summed E-state index contributed by atoms with van der Waals surface area (Å²) in [5, 5.41) is 6.29. The predicted molar refractivity (Wildman–Crippen MR) is 43.4 cm³/mol. The Hall–Kier alpha value is -1.04. The van der Waals surface area contributed by atoms with Gasteiger partial charge in [-0.3, -0.25) is 5.10 Å². The molecule has 0 spiro atoms. The van der Waals surface area contributed by atoms with E-state index in [0.29, 0.717) is 12.1 Å². The zero-order valence-electron chi connectivity index (χ0n) is 6.37. The average Bonchev–Trinajstić information content (AvgIpc) is 2.32. The van der Waals surface area contributed by atoms with Gasteiger partial charge in [0.1, 0.15) is 4.90 Å². The first kappa shape index (κ1) is 7.60. The molecule has 12 heavy (non-hydrogen) atoms. The van der Waals surface area contributed by atoms with E-state index < -0.39 is 9.84 Å². The average molecular weight is 187 g/mol. The van der Waals surface area contributed by atoms with Gasteiger partial charge in [-0.15, -0.1) is 0 Å². The van der Waals surface area contributed by atoms with E-state index in [-0.39, 0.29) is 16.5 Å². The molecule has 0 fully saturated rings. The van der Waals surface area contributed by atoms with E-state index in [2.05, 4.69) is 10.2 Å². The molecule has 66 valence electrons. The minimum Gasteiger partial charge on any atom is -0.381 e. The number of anilines is 1. The third-order valence-corrected chi connectivity index (χ3v) is 3.87. The molecule has 5 nitrogen and oxygen atoms in total. The molecule has 0 aliphatic carbocycles. The third-order valence-electron chi connectivity index (χ3n) is 1.97. The van der Waals surface area contributed by atoms with E-state index in [1.807, 2.05) is 0 Å². The van der Waals surface area contributed by atoms with Crippen LogP contribution in [0, 0.1) is 0 Å². The molecule has 1 aromatic rings. The Morgan fingerprint density at radius 2 is 2.25 bits per heavy atom. The Labute approximate surface area is 69.9 Å². The molecule has 0 amide bonds. The number of hydrogen-bond donors (Lipinski definition) is 2. The topological polar surface area (TPSA) is 88.8 Å². The molecule has 0 radical (unpaired) electrons. The molecule has 6 heteroatoms. The van der Waals surface area contributed by atoms with Crippen LogP contribution in [0.15, 0.2) is 4.90 Å². The third kappa shape index (κ3) is 0.911. The van der Waals surface area contributed by atoms with Crippen molar-refractivity contribution in [2.75, 3.05) is 11.5 Å². The number of aromatic amines is 1. The van der Waals surface area contributed by atoms with E-state index >= 15 is 0 Å². The van der Waals surface area contributed by atoms with Crippen molar-refractivity contribution in [3.05, 3.63) is 5.69 Å². The van der Waals surface area contributed by atoms with E-state index in [0.717, 1.165) is 6.42 Å². The van der Waals surface area contributed by atoms with Crippen LogP contribution in [0.4, 0.5) is 5.82 Å². The lowest BCUT2D eigenvalue weighted by Crippen LogP contribution is -2.16. The molecule has 0 saturated heterocycles. The molecule has 0 aromatic carbocycles. The van der Waals surface area contributed by atoms with Crippen molar-refractivity contribution >= 4 is 15.7 Å². The molecule has 0 unspecified atom stereocenters. The standard InChI is InChI=1S/C6H9N3O2S/c7-6-5-4(8-9-6)2-1-3-12(5,10)11/h1-3H2,(H3,7,8,9). The highest BCUT2D eigenvalue weighted by Gasteiger charge is 2.28. The first-order valence-electron chi connectivity index (χ1n) is 3.67. The van der Waals surface area contributed by atoms with Crippen LogP contribution in [-0.4, -0.2) is 24.4 Å². The molecular formula is C6H9N3O2S. The fourth-order valence-electron chi connectivity index (χ4n) is 1.44. The maximum atomic E-state index is 11.4. The Balaban J connectivity index is 2.72. The monoisotopic (exact) mass is 187 g/mol. The van der Waals surface area contributed by atoms with Gasteiger partial charge in [-0.25, -0.2) is 8.42 Å². The van der Waals surface area contributed by atoms with Crippen LogP contribution in [0.2, 0.25) is 0 Å². The summed E-state index contributed by atoms with van der Waals surface area (Å²) in [5.74, 6) is 0.286. The van der Waals surface area contributed by atoms with E-state index in [1.54, 1.807) is 0 Å². The van der Waals surface area contributed by atoms with Crippen molar-refractivity contribution < 1.29 is 8.42 Å². The number of nitrogens with two attached hydrogens (primary N) is 1. The van der Waals surface area contributed by atoms with Crippen molar-refractivity contribution in [3.63, 3.8) is 0 Å². The summed E-state index contributed by atoms with van der Waals surface area (Å²) in [5.41, 5.74) is 6.07. The van der Waals surface area contributed by atoms with Crippen LogP contribution in [0.3, 0.4) is 0 Å². The van der Waals surface area contributed by atoms with Crippen molar-refractivity contribution in [2.45, 2.75) is 17.7 Å². The quantitative estimate of drug-likeness (QED) is 0.584. The highest BCUT2D eigenvalue weighted by Crippen LogP contribution is 2.27. The lowest BCUT2D eigenvalue weighted by molar-refractivity contribution is 0.586. The number of nitrogens with zero attached hydrogens (tertiary/aromatic N) is 1. The zero-order chi connectivity index (χ0) is 8.77. The van der Waals surface area contributed by atoms with Crippen molar-refractivity contribution in [1.82, 2.24) is 10.2 Å². The molecule has 2 heterocycles. The predicted octanol–water partition coefficient (Wildman–Crippen LogP) is -0.288. The number of rotatable bonds is 0. The number of H-pyrrole nitrogens is 1. The SMILES string of the molecule is Nc1n[nH]c2c1S(=O)(=O)CCC2. The van der Waals surface area contributed by atoms with Crippen LogP contribution in [0.1, 0.15) is 12.1 Å². The molecule has 1 aliphatic heterocycles. The number of nitrogen functional groups attached to an aromatic ring is 1. The molecule has 0 bridgehead atoms. The second kappa shape index (κ2) is 2.22. The Bertz CT molecular complexity index is 406. The highest BCUT2D eigenvalue weighted by molar-refractivity contribution is 7.91. The summed E-state index contributed by atoms with van der Waals surface area (Å²) in [7, 11) is -3.15. The number of fused-ring (bicyclic) bond motifs is 1. The van der Waals surface area contributed by atoms with Gasteiger partial charge in [0, 0.05) is 0 Å². The molecule has 1 aliphatic rings. The number of aryl methyl sites for hydroxylation is 1. The number of nitrogens with one attached hydrogen (secondary N) is 1. The maximum absolute atomic E-state index is 11.4. The number of aromatic nitrogens is 2. The summed E-state index contributed by atoms with van der Waals surface area (Å²) >= 11 is 0. The normalized spacial score (nSPS) is 20.3. The largest absolute Gasteiger partial charge is 0.381 e. The van der Waals surface area contributed by atoms with Gasteiger partial charge in [-0.1, -0.05) is 0 Å². The lowest BCUT2D eigenvalue weighted by atomic mass is 10.2. The Morgan fingerprint density at radius 1 is 1.50 bits per heavy atom. The summed E-state index contributed by atoms with van der Waals surface area (Å²) in [6.07, 6.45) is 1.37. The van der Waals surface area contributed by atoms with Gasteiger partial charge < -0.3 is 5.73 Å². The van der Waals surface area contributed by atoms with Gasteiger partial charge in [-0.05, 0) is 12.8 Å². The van der Waals surface area contributed by atoms with Crippen molar-refractivity contribution in [2.24, 2.45) is 0 Å². The fraction of sp³-hybridized carbons (Fsp3) is 0.500. The first-order valence-corrected chi connectivity index (χ1v) is 5.32. The van der Waals surface area contributed by atoms with Gasteiger partial charge in [0.15, 0.2) is 15.7 Å². The Morgan fingerprint density at radius 3 is 2.92 bits per heavy atom. The second-order valence-electron chi connectivity index (χ2n) is 2.84. The van der Waals surface area contributed by atoms with Gasteiger partial charge in [0.2, 0.25) is 0 Å². The summed E-state index contributed by atoms with van der Waals surface area (Å²) in [6.45, 7) is 0. The lowest BCUT2D eigenvalue weighted by Gasteiger charge is -2.10. The second-order valence-corrected chi connectivity index (χ2v) is 4.88. The molecule has 3 N–H and O–H groups in total. The summed E-state index contributed by atoms with van der Waals surface area (Å²) < 4.78 is 22.8. The Kier molecular flexibility index (Phi) is 1.41. The van der Waals surface area contributed by atoms with Gasteiger partial charge in [0.05, 0.1) is 11.4 Å². The minimum absolute atomic E-state index is 0.102. The van der Waals surface area contributed by atoms with E-state index in [9.17, 15) is 8.42 Å². The maximum Gasteiger partial charge on any atom is 0.183 e. The van der Waals surface area contributed by atoms with Gasteiger partial charge >= 0.3 is 0 Å². The van der Waals surface area contributed by atoms with Crippen molar-refractivity contribution in [1.29, 1.82) is 0 Å². The smallest absolute Gasteiger partial charge is 0.183 e. The zero-order valence-corrected chi connectivity index (χ0v) is 7.19. The van der Waals surface area contributed by atoms with Crippen LogP contribution >= 0.6 is 0 Å². The van der Waals surface area contributed by atoms with E-state index in [1.165, 1.54) is 0 Å². The van der Waals surface area contributed by atoms with Crippen LogP contribution in [0.5, 0.6) is 0 Å². The fourth-order valence-corrected chi connectivity index (χ4v) is 3.06. The minimum atomic E-state index is -3.15. The molecule has 0 atom stereocenters. The van der Waals surface area contributed by atoms with Gasteiger partial charge in [0.25, 0.3) is 0 Å². The van der Waals surface area contributed by atoms with Crippen LogP contribution < -0.4 is 5.73 Å². The number of hydrogen-bond acceptors (Lipinski definition) is 4. The van der Waals surface area contributed by atoms with Gasteiger partial charge in [-0.2, -0.15) is 5.10 Å². The summed E-state index contributed by atoms with van der Waals surface area (Å²) in [6, 6.07) is 0.